The zero-order valence-electron chi connectivity index (χ0n) is 11.5. The van der Waals surface area contributed by atoms with Gasteiger partial charge in [-0.25, -0.2) is 0 Å². The molecule has 2 aromatic rings. The average Bonchev–Trinajstić information content (AvgIpc) is 2.66. The topological polar surface area (TPSA) is 28.7 Å². The van der Waals surface area contributed by atoms with E-state index in [1.165, 1.54) is 33.1 Å². The molecular weight excluding hydrogens is 300 g/mol. The summed E-state index contributed by atoms with van der Waals surface area (Å²) in [5, 5.41) is 10.6. The number of benzene rings is 1. The van der Waals surface area contributed by atoms with Crippen LogP contribution in [0.2, 0.25) is 0 Å². The summed E-state index contributed by atoms with van der Waals surface area (Å²) in [6.45, 7) is 7.24. The fraction of sp³-hybridized carbons (Fsp3) is 0.438. The predicted octanol–water partition coefficient (Wildman–Crippen LogP) is 4.46. The monoisotopic (exact) mass is 316 g/mol. The number of nitriles is 1. The van der Waals surface area contributed by atoms with Crippen LogP contribution in [0.15, 0.2) is 16.6 Å². The van der Waals surface area contributed by atoms with Gasteiger partial charge in [-0.3, -0.25) is 0 Å². The molecule has 1 aliphatic heterocycles. The zero-order valence-corrected chi connectivity index (χ0v) is 13.1. The van der Waals surface area contributed by atoms with Crippen LogP contribution in [0.5, 0.6) is 0 Å². The van der Waals surface area contributed by atoms with Gasteiger partial charge in [-0.1, -0.05) is 6.07 Å². The van der Waals surface area contributed by atoms with Gasteiger partial charge in [-0.15, -0.1) is 0 Å². The quantitative estimate of drug-likeness (QED) is 0.763. The first-order valence-corrected chi connectivity index (χ1v) is 7.48. The Kier molecular flexibility index (Phi) is 2.76. The Morgan fingerprint density at radius 1 is 1.37 bits per heavy atom. The summed E-state index contributed by atoms with van der Waals surface area (Å²) in [6, 6.07) is 6.82. The summed E-state index contributed by atoms with van der Waals surface area (Å²) < 4.78 is 3.59. The van der Waals surface area contributed by atoms with Gasteiger partial charge >= 0.3 is 0 Å². The Morgan fingerprint density at radius 3 is 2.79 bits per heavy atom. The largest absolute Gasteiger partial charge is 0.343 e. The number of hydrogen-bond donors (Lipinski definition) is 0. The molecule has 1 aromatic heterocycles. The number of rotatable bonds is 1. The van der Waals surface area contributed by atoms with Crippen LogP contribution in [0.4, 0.5) is 0 Å². The normalized spacial score (nSPS) is 14.7. The van der Waals surface area contributed by atoms with Crippen molar-refractivity contribution in [2.45, 2.75) is 45.6 Å². The van der Waals surface area contributed by atoms with Crippen molar-refractivity contribution in [3.8, 4) is 6.07 Å². The zero-order chi connectivity index (χ0) is 13.8. The molecule has 1 aromatic carbocycles. The maximum absolute atomic E-state index is 9.36. The SMILES string of the molecule is Cc1c(Br)c2cc(C(C)(C)C#N)cc3c2n1CCC3. The molecule has 0 spiro atoms. The fourth-order valence-corrected chi connectivity index (χ4v) is 3.50. The lowest BCUT2D eigenvalue weighted by Crippen LogP contribution is -2.16. The molecule has 2 heterocycles. The summed E-state index contributed by atoms with van der Waals surface area (Å²) in [4.78, 5) is 0. The van der Waals surface area contributed by atoms with Gasteiger partial charge in [-0.2, -0.15) is 5.26 Å². The second-order valence-corrected chi connectivity index (χ2v) is 6.72. The molecule has 0 amide bonds. The van der Waals surface area contributed by atoms with E-state index < -0.39 is 5.41 Å². The first-order chi connectivity index (χ1) is 8.95. The van der Waals surface area contributed by atoms with Crippen LogP contribution in [-0.2, 0) is 18.4 Å². The lowest BCUT2D eigenvalue weighted by atomic mass is 9.84. The second kappa shape index (κ2) is 4.11. The molecule has 0 unspecified atom stereocenters. The van der Waals surface area contributed by atoms with Gasteiger partial charge in [0.15, 0.2) is 0 Å². The van der Waals surface area contributed by atoms with Gasteiger partial charge in [0.2, 0.25) is 0 Å². The summed E-state index contributed by atoms with van der Waals surface area (Å²) in [7, 11) is 0. The van der Waals surface area contributed by atoms with Crippen molar-refractivity contribution >= 4 is 26.8 Å². The van der Waals surface area contributed by atoms with E-state index in [9.17, 15) is 5.26 Å². The van der Waals surface area contributed by atoms with Crippen LogP contribution >= 0.6 is 15.9 Å². The number of aryl methyl sites for hydroxylation is 2. The minimum Gasteiger partial charge on any atom is -0.343 e. The Labute approximate surface area is 122 Å². The summed E-state index contributed by atoms with van der Waals surface area (Å²) in [6.07, 6.45) is 2.29. The van der Waals surface area contributed by atoms with E-state index in [1.807, 2.05) is 13.8 Å². The molecule has 1 aliphatic rings. The van der Waals surface area contributed by atoms with Crippen molar-refractivity contribution in [2.75, 3.05) is 0 Å². The lowest BCUT2D eigenvalue weighted by molar-refractivity contribution is 0.619. The molecule has 0 radical (unpaired) electrons. The van der Waals surface area contributed by atoms with E-state index in [1.54, 1.807) is 0 Å². The van der Waals surface area contributed by atoms with Crippen LogP contribution in [0, 0.1) is 18.3 Å². The van der Waals surface area contributed by atoms with Gasteiger partial charge in [0.05, 0.1) is 17.0 Å². The standard InChI is InChI=1S/C16H17BrN2/c1-10-14(17)13-8-12(16(2,3)9-18)7-11-5-4-6-19(10)15(11)13/h7-8H,4-6H2,1-3H3. The molecule has 98 valence electrons. The molecule has 19 heavy (non-hydrogen) atoms. The van der Waals surface area contributed by atoms with E-state index in [0.717, 1.165) is 18.5 Å². The summed E-state index contributed by atoms with van der Waals surface area (Å²) in [5.41, 5.74) is 4.72. The van der Waals surface area contributed by atoms with Crippen molar-refractivity contribution < 1.29 is 0 Å². The van der Waals surface area contributed by atoms with Crippen LogP contribution < -0.4 is 0 Å². The maximum atomic E-state index is 9.36. The highest BCUT2D eigenvalue weighted by Crippen LogP contribution is 2.38. The second-order valence-electron chi connectivity index (χ2n) is 5.92. The maximum Gasteiger partial charge on any atom is 0.0766 e. The summed E-state index contributed by atoms with van der Waals surface area (Å²) >= 11 is 3.72. The first-order valence-electron chi connectivity index (χ1n) is 6.68. The fourth-order valence-electron chi connectivity index (χ4n) is 2.98. The van der Waals surface area contributed by atoms with E-state index >= 15 is 0 Å². The molecule has 0 bridgehead atoms. The average molecular weight is 317 g/mol. The van der Waals surface area contributed by atoms with Crippen molar-refractivity contribution in [3.05, 3.63) is 33.4 Å². The van der Waals surface area contributed by atoms with Crippen molar-refractivity contribution in [1.29, 1.82) is 5.26 Å². The van der Waals surface area contributed by atoms with Gasteiger partial charge in [0.1, 0.15) is 0 Å². The highest BCUT2D eigenvalue weighted by molar-refractivity contribution is 9.10. The molecule has 0 fully saturated rings. The lowest BCUT2D eigenvalue weighted by Gasteiger charge is -2.21. The number of halogens is 1. The third-order valence-corrected chi connectivity index (χ3v) is 5.25. The molecule has 3 heteroatoms. The van der Waals surface area contributed by atoms with Gasteiger partial charge in [0, 0.05) is 22.1 Å². The van der Waals surface area contributed by atoms with Crippen LogP contribution in [0.25, 0.3) is 10.9 Å². The predicted molar refractivity (Wildman–Crippen MR) is 81.3 cm³/mol. The highest BCUT2D eigenvalue weighted by atomic mass is 79.9. The Morgan fingerprint density at radius 2 is 2.11 bits per heavy atom. The smallest absolute Gasteiger partial charge is 0.0766 e. The molecule has 0 N–H and O–H groups in total. The van der Waals surface area contributed by atoms with E-state index in [2.05, 4.69) is 45.6 Å². The van der Waals surface area contributed by atoms with Crippen LogP contribution in [0.3, 0.4) is 0 Å². The molecular formula is C16H17BrN2. The van der Waals surface area contributed by atoms with Crippen molar-refractivity contribution in [2.24, 2.45) is 0 Å². The van der Waals surface area contributed by atoms with Gasteiger partial charge in [0.25, 0.3) is 0 Å². The summed E-state index contributed by atoms with van der Waals surface area (Å²) in [5.74, 6) is 0. The van der Waals surface area contributed by atoms with E-state index in [-0.39, 0.29) is 0 Å². The first kappa shape index (κ1) is 12.7. The van der Waals surface area contributed by atoms with Crippen LogP contribution in [-0.4, -0.2) is 4.57 Å². The molecule has 0 atom stereocenters. The number of hydrogen-bond acceptors (Lipinski definition) is 1. The highest BCUT2D eigenvalue weighted by Gasteiger charge is 2.25. The van der Waals surface area contributed by atoms with E-state index in [0.29, 0.717) is 0 Å². The number of aromatic nitrogens is 1. The molecule has 2 nitrogen and oxygen atoms in total. The number of nitrogens with zero attached hydrogens (tertiary/aromatic N) is 2. The third kappa shape index (κ3) is 1.74. The Bertz CT molecular complexity index is 717. The van der Waals surface area contributed by atoms with Crippen molar-refractivity contribution in [3.63, 3.8) is 0 Å². The van der Waals surface area contributed by atoms with Crippen LogP contribution in [0.1, 0.15) is 37.1 Å². The van der Waals surface area contributed by atoms with E-state index in [4.69, 9.17) is 0 Å². The molecule has 3 rings (SSSR count). The minimum absolute atomic E-state index is 0.433. The van der Waals surface area contributed by atoms with Crippen molar-refractivity contribution in [1.82, 2.24) is 4.57 Å². The minimum atomic E-state index is -0.433. The van der Waals surface area contributed by atoms with Gasteiger partial charge < -0.3 is 4.57 Å². The Balaban J connectivity index is 2.39. The third-order valence-electron chi connectivity index (χ3n) is 4.25. The van der Waals surface area contributed by atoms with Gasteiger partial charge in [-0.05, 0) is 66.7 Å². The molecule has 0 aliphatic carbocycles. The molecule has 0 saturated carbocycles. The molecule has 0 saturated heterocycles. The Hall–Kier alpha value is -1.27.